The van der Waals surface area contributed by atoms with Crippen LogP contribution in [0.2, 0.25) is 0 Å². The van der Waals surface area contributed by atoms with Crippen molar-refractivity contribution in [1.29, 1.82) is 0 Å². The molecule has 1 aliphatic carbocycles. The summed E-state index contributed by atoms with van der Waals surface area (Å²) in [5, 5.41) is 0. The van der Waals surface area contributed by atoms with E-state index in [9.17, 15) is 0 Å². The zero-order chi connectivity index (χ0) is 8.27. The van der Waals surface area contributed by atoms with Gasteiger partial charge in [0.1, 0.15) is 0 Å². The van der Waals surface area contributed by atoms with E-state index in [-0.39, 0.29) is 32.7 Å². The van der Waals surface area contributed by atoms with Crippen LogP contribution in [0, 0.1) is 6.08 Å². The Morgan fingerprint density at radius 2 is 1.75 bits per heavy atom. The Hall–Kier alpha value is 0.584. The fourth-order valence-corrected chi connectivity index (χ4v) is 1.78. The standard InChI is InChI=1S/C11H17.Y/c1-4-9-7-8-10(5-2)11(9)6-3;/h4-7H2,1-3H3;/q-1;. The smallest absolute Gasteiger partial charge is 0 e. The van der Waals surface area contributed by atoms with E-state index in [0.29, 0.717) is 0 Å². The predicted octanol–water partition coefficient (Wildman–Crippen LogP) is 3.64. The SMILES string of the molecule is CCC1=[C-]CC(CC)=C1CC.[Y]. The fraction of sp³-hybridized carbons (Fsp3) is 0.636. The third kappa shape index (κ3) is 2.53. The largest absolute Gasteiger partial charge is 0.269 e. The molecule has 0 heterocycles. The molecule has 0 amide bonds. The molecule has 0 N–H and O–H groups in total. The van der Waals surface area contributed by atoms with Crippen molar-refractivity contribution in [3.8, 4) is 0 Å². The average molecular weight is 238 g/mol. The molecule has 0 aromatic carbocycles. The van der Waals surface area contributed by atoms with Crippen LogP contribution in [0.25, 0.3) is 0 Å². The van der Waals surface area contributed by atoms with Gasteiger partial charge in [0.15, 0.2) is 0 Å². The summed E-state index contributed by atoms with van der Waals surface area (Å²) in [5.41, 5.74) is 4.68. The zero-order valence-corrected chi connectivity index (χ0v) is 11.2. The second-order valence-corrected chi connectivity index (χ2v) is 2.97. The molecule has 0 saturated carbocycles. The van der Waals surface area contributed by atoms with Crippen LogP contribution >= 0.6 is 0 Å². The number of rotatable bonds is 3. The molecule has 0 fully saturated rings. The first-order valence-electron chi connectivity index (χ1n) is 4.64. The third-order valence-corrected chi connectivity index (χ3v) is 2.44. The van der Waals surface area contributed by atoms with Gasteiger partial charge in [-0.05, 0) is 0 Å². The maximum absolute atomic E-state index is 3.45. The molecular formula is C11H17Y-. The molecule has 0 saturated heterocycles. The number of allylic oxidation sites excluding steroid dienone is 4. The van der Waals surface area contributed by atoms with E-state index in [4.69, 9.17) is 0 Å². The van der Waals surface area contributed by atoms with Gasteiger partial charge >= 0.3 is 0 Å². The number of hydrogen-bond donors (Lipinski definition) is 0. The Labute approximate surface area is 101 Å². The van der Waals surface area contributed by atoms with Gasteiger partial charge in [0, 0.05) is 32.7 Å². The minimum absolute atomic E-state index is 0. The van der Waals surface area contributed by atoms with Gasteiger partial charge in [-0.2, -0.15) is 11.1 Å². The topological polar surface area (TPSA) is 0 Å². The van der Waals surface area contributed by atoms with Crippen molar-refractivity contribution in [2.45, 2.75) is 46.5 Å². The molecule has 0 aromatic rings. The van der Waals surface area contributed by atoms with Crippen LogP contribution in [0.4, 0.5) is 0 Å². The van der Waals surface area contributed by atoms with E-state index in [1.807, 2.05) is 0 Å². The number of hydrogen-bond acceptors (Lipinski definition) is 0. The van der Waals surface area contributed by atoms with Gasteiger partial charge in [0.2, 0.25) is 0 Å². The van der Waals surface area contributed by atoms with E-state index in [1.54, 1.807) is 11.1 Å². The summed E-state index contributed by atoms with van der Waals surface area (Å²) in [6.07, 6.45) is 8.11. The van der Waals surface area contributed by atoms with E-state index in [1.165, 1.54) is 18.4 Å². The molecule has 1 heteroatoms. The molecule has 0 atom stereocenters. The molecule has 12 heavy (non-hydrogen) atoms. The summed E-state index contributed by atoms with van der Waals surface area (Å²) in [4.78, 5) is 0. The molecule has 1 aliphatic rings. The van der Waals surface area contributed by atoms with Crippen molar-refractivity contribution in [2.24, 2.45) is 0 Å². The Kier molecular flexibility index (Phi) is 6.40. The monoisotopic (exact) mass is 238 g/mol. The maximum Gasteiger partial charge on any atom is 0 e. The van der Waals surface area contributed by atoms with Crippen molar-refractivity contribution in [3.63, 3.8) is 0 Å². The molecule has 0 aliphatic heterocycles. The van der Waals surface area contributed by atoms with Crippen molar-refractivity contribution >= 4 is 0 Å². The Morgan fingerprint density at radius 3 is 2.17 bits per heavy atom. The molecular weight excluding hydrogens is 221 g/mol. The van der Waals surface area contributed by atoms with Crippen molar-refractivity contribution in [2.75, 3.05) is 0 Å². The summed E-state index contributed by atoms with van der Waals surface area (Å²) >= 11 is 0. The molecule has 1 rings (SSSR count). The summed E-state index contributed by atoms with van der Waals surface area (Å²) in [7, 11) is 0. The maximum atomic E-state index is 3.45. The molecule has 65 valence electrons. The molecule has 0 aromatic heterocycles. The van der Waals surface area contributed by atoms with Gasteiger partial charge in [0.25, 0.3) is 0 Å². The summed E-state index contributed by atoms with van der Waals surface area (Å²) in [6, 6.07) is 0. The first-order chi connectivity index (χ1) is 5.33. The van der Waals surface area contributed by atoms with Crippen LogP contribution in [0.5, 0.6) is 0 Å². The van der Waals surface area contributed by atoms with Crippen molar-refractivity contribution in [1.82, 2.24) is 0 Å². The first kappa shape index (κ1) is 12.6. The van der Waals surface area contributed by atoms with E-state index >= 15 is 0 Å². The van der Waals surface area contributed by atoms with Crippen molar-refractivity contribution in [3.05, 3.63) is 22.8 Å². The minimum atomic E-state index is 0. The average Bonchev–Trinajstić information content (AvgIpc) is 2.45. The quantitative estimate of drug-likeness (QED) is 0.658. The zero-order valence-electron chi connectivity index (χ0n) is 8.41. The van der Waals surface area contributed by atoms with Gasteiger partial charge in [0.05, 0.1) is 0 Å². The molecule has 1 radical (unpaired) electrons. The van der Waals surface area contributed by atoms with Gasteiger partial charge in [-0.3, -0.25) is 6.08 Å². The predicted molar refractivity (Wildman–Crippen MR) is 49.3 cm³/mol. The Balaban J connectivity index is 0.00000121. The minimum Gasteiger partial charge on any atom is -0.269 e. The van der Waals surface area contributed by atoms with Crippen LogP contribution in [-0.4, -0.2) is 0 Å². The van der Waals surface area contributed by atoms with Gasteiger partial charge < -0.3 is 0 Å². The second kappa shape index (κ2) is 6.10. The van der Waals surface area contributed by atoms with Gasteiger partial charge in [-0.15, -0.1) is 6.42 Å². The van der Waals surface area contributed by atoms with Gasteiger partial charge in [-0.25, -0.2) is 5.57 Å². The summed E-state index contributed by atoms with van der Waals surface area (Å²) < 4.78 is 0. The second-order valence-electron chi connectivity index (χ2n) is 2.97. The van der Waals surface area contributed by atoms with E-state index in [2.05, 4.69) is 26.8 Å². The summed E-state index contributed by atoms with van der Waals surface area (Å²) in [5.74, 6) is 0. The normalized spacial score (nSPS) is 16.1. The first-order valence-corrected chi connectivity index (χ1v) is 4.64. The van der Waals surface area contributed by atoms with E-state index < -0.39 is 0 Å². The van der Waals surface area contributed by atoms with Crippen LogP contribution in [-0.2, 0) is 32.7 Å². The fourth-order valence-electron chi connectivity index (χ4n) is 1.78. The third-order valence-electron chi connectivity index (χ3n) is 2.44. The molecule has 0 spiro atoms. The van der Waals surface area contributed by atoms with Crippen LogP contribution in [0.15, 0.2) is 16.7 Å². The Morgan fingerprint density at radius 1 is 1.08 bits per heavy atom. The summed E-state index contributed by atoms with van der Waals surface area (Å²) in [6.45, 7) is 6.70. The van der Waals surface area contributed by atoms with Gasteiger partial charge in [-0.1, -0.05) is 40.0 Å². The van der Waals surface area contributed by atoms with E-state index in [0.717, 1.165) is 12.8 Å². The molecule has 0 nitrogen and oxygen atoms in total. The van der Waals surface area contributed by atoms with Crippen molar-refractivity contribution < 1.29 is 32.7 Å². The van der Waals surface area contributed by atoms with Crippen LogP contribution in [0.1, 0.15) is 46.5 Å². The Bertz CT molecular complexity index is 199. The molecule has 0 bridgehead atoms. The van der Waals surface area contributed by atoms with Crippen LogP contribution < -0.4 is 0 Å². The van der Waals surface area contributed by atoms with Crippen LogP contribution in [0.3, 0.4) is 0 Å². The molecule has 0 unspecified atom stereocenters.